The maximum absolute atomic E-state index is 5.31. The topological polar surface area (TPSA) is 31.4 Å². The van der Waals surface area contributed by atoms with E-state index in [2.05, 4.69) is 27.6 Å². The lowest BCUT2D eigenvalue weighted by molar-refractivity contribution is -0.0473. The molecule has 1 fully saturated rings. The molecule has 1 aromatic rings. The second-order valence-corrected chi connectivity index (χ2v) is 3.56. The Morgan fingerprint density at radius 3 is 2.75 bits per heavy atom. The summed E-state index contributed by atoms with van der Waals surface area (Å²) in [6.45, 7) is 1.33. The maximum Gasteiger partial charge on any atom is 0.201 e. The van der Waals surface area contributed by atoms with Gasteiger partial charge in [-0.2, -0.15) is 0 Å². The van der Waals surface area contributed by atoms with E-state index in [1.54, 1.807) is 0 Å². The van der Waals surface area contributed by atoms with Crippen LogP contribution in [0.2, 0.25) is 0 Å². The van der Waals surface area contributed by atoms with Crippen molar-refractivity contribution in [3.8, 4) is 0 Å². The SMILES string of the molecule is Ic1cccc(C2OCCO2)n1. The fourth-order valence-electron chi connectivity index (χ4n) is 1.08. The number of pyridine rings is 1. The van der Waals surface area contributed by atoms with E-state index in [-0.39, 0.29) is 6.29 Å². The molecule has 1 aliphatic heterocycles. The molecule has 1 saturated heterocycles. The molecular formula is C8H8INO2. The summed E-state index contributed by atoms with van der Waals surface area (Å²) < 4.78 is 11.6. The molecule has 64 valence electrons. The molecule has 4 heteroatoms. The standard InChI is InChI=1S/C8H8INO2/c9-7-3-1-2-6(10-7)8-11-4-5-12-8/h1-3,8H,4-5H2. The number of halogens is 1. The number of aromatic nitrogens is 1. The third-order valence-electron chi connectivity index (χ3n) is 1.60. The zero-order valence-electron chi connectivity index (χ0n) is 6.37. The molecule has 0 amide bonds. The molecule has 0 spiro atoms. The summed E-state index contributed by atoms with van der Waals surface area (Å²) in [5.41, 5.74) is 0.861. The molecule has 2 rings (SSSR count). The Bertz CT molecular complexity index is 274. The van der Waals surface area contributed by atoms with Crippen LogP contribution in [0.25, 0.3) is 0 Å². The van der Waals surface area contributed by atoms with Gasteiger partial charge in [0.2, 0.25) is 6.29 Å². The highest BCUT2D eigenvalue weighted by Crippen LogP contribution is 2.21. The van der Waals surface area contributed by atoms with Gasteiger partial charge in [0, 0.05) is 0 Å². The minimum atomic E-state index is -0.250. The van der Waals surface area contributed by atoms with Crippen LogP contribution in [-0.2, 0) is 9.47 Å². The number of hydrogen-bond acceptors (Lipinski definition) is 3. The zero-order chi connectivity index (χ0) is 8.39. The number of ether oxygens (including phenoxy) is 2. The first-order valence-electron chi connectivity index (χ1n) is 3.72. The first kappa shape index (κ1) is 8.40. The molecule has 12 heavy (non-hydrogen) atoms. The van der Waals surface area contributed by atoms with Crippen molar-refractivity contribution in [3.05, 3.63) is 27.6 Å². The van der Waals surface area contributed by atoms with Crippen LogP contribution in [-0.4, -0.2) is 18.2 Å². The first-order valence-corrected chi connectivity index (χ1v) is 4.80. The van der Waals surface area contributed by atoms with E-state index in [4.69, 9.17) is 9.47 Å². The third-order valence-corrected chi connectivity index (χ3v) is 2.20. The second-order valence-electron chi connectivity index (χ2n) is 2.46. The van der Waals surface area contributed by atoms with E-state index in [9.17, 15) is 0 Å². The van der Waals surface area contributed by atoms with Crippen molar-refractivity contribution in [2.24, 2.45) is 0 Å². The minimum Gasteiger partial charge on any atom is -0.345 e. The van der Waals surface area contributed by atoms with Gasteiger partial charge in [0.05, 0.1) is 18.9 Å². The van der Waals surface area contributed by atoms with Crippen LogP contribution < -0.4 is 0 Å². The molecule has 0 radical (unpaired) electrons. The van der Waals surface area contributed by atoms with Gasteiger partial charge in [-0.3, -0.25) is 0 Å². The summed E-state index contributed by atoms with van der Waals surface area (Å²) in [5, 5.41) is 0. The molecule has 0 unspecified atom stereocenters. The summed E-state index contributed by atoms with van der Waals surface area (Å²) in [7, 11) is 0. The van der Waals surface area contributed by atoms with Crippen molar-refractivity contribution in [1.82, 2.24) is 4.98 Å². The molecule has 2 heterocycles. The highest BCUT2D eigenvalue weighted by atomic mass is 127. The lowest BCUT2D eigenvalue weighted by atomic mass is 10.3. The number of rotatable bonds is 1. The summed E-state index contributed by atoms with van der Waals surface area (Å²) >= 11 is 2.17. The van der Waals surface area contributed by atoms with E-state index < -0.39 is 0 Å². The molecule has 0 aliphatic carbocycles. The van der Waals surface area contributed by atoms with Crippen molar-refractivity contribution < 1.29 is 9.47 Å². The Kier molecular flexibility index (Phi) is 2.57. The van der Waals surface area contributed by atoms with Crippen molar-refractivity contribution >= 4 is 22.6 Å². The van der Waals surface area contributed by atoms with Gasteiger partial charge in [-0.1, -0.05) is 6.07 Å². The summed E-state index contributed by atoms with van der Waals surface area (Å²) in [6.07, 6.45) is -0.250. The van der Waals surface area contributed by atoms with E-state index in [0.29, 0.717) is 13.2 Å². The largest absolute Gasteiger partial charge is 0.345 e. The molecule has 0 bridgehead atoms. The maximum atomic E-state index is 5.31. The Labute approximate surface area is 84.2 Å². The van der Waals surface area contributed by atoms with Gasteiger partial charge < -0.3 is 9.47 Å². The molecule has 0 N–H and O–H groups in total. The van der Waals surface area contributed by atoms with Crippen LogP contribution in [0.3, 0.4) is 0 Å². The summed E-state index contributed by atoms with van der Waals surface area (Å²) in [5.74, 6) is 0. The molecule has 0 saturated carbocycles. The fraction of sp³-hybridized carbons (Fsp3) is 0.375. The highest BCUT2D eigenvalue weighted by molar-refractivity contribution is 14.1. The van der Waals surface area contributed by atoms with Crippen molar-refractivity contribution in [1.29, 1.82) is 0 Å². The molecular weight excluding hydrogens is 269 g/mol. The highest BCUT2D eigenvalue weighted by Gasteiger charge is 2.19. The van der Waals surface area contributed by atoms with Gasteiger partial charge in [-0.05, 0) is 34.7 Å². The van der Waals surface area contributed by atoms with Crippen LogP contribution >= 0.6 is 22.6 Å². The van der Waals surface area contributed by atoms with Crippen LogP contribution in [0.5, 0.6) is 0 Å². The normalized spacial score (nSPS) is 18.4. The second kappa shape index (κ2) is 3.68. The van der Waals surface area contributed by atoms with E-state index in [0.717, 1.165) is 9.39 Å². The molecule has 0 atom stereocenters. The van der Waals surface area contributed by atoms with Gasteiger partial charge in [-0.15, -0.1) is 0 Å². The van der Waals surface area contributed by atoms with Gasteiger partial charge in [-0.25, -0.2) is 4.98 Å². The smallest absolute Gasteiger partial charge is 0.201 e. The van der Waals surface area contributed by atoms with Gasteiger partial charge in [0.25, 0.3) is 0 Å². The predicted molar refractivity (Wildman–Crippen MR) is 51.6 cm³/mol. The monoisotopic (exact) mass is 277 g/mol. The average molecular weight is 277 g/mol. The average Bonchev–Trinajstić information content (AvgIpc) is 2.56. The summed E-state index contributed by atoms with van der Waals surface area (Å²) in [4.78, 5) is 4.29. The van der Waals surface area contributed by atoms with Gasteiger partial charge >= 0.3 is 0 Å². The minimum absolute atomic E-state index is 0.250. The van der Waals surface area contributed by atoms with Crippen LogP contribution in [0, 0.1) is 3.70 Å². The van der Waals surface area contributed by atoms with Crippen LogP contribution in [0.4, 0.5) is 0 Å². The summed E-state index contributed by atoms with van der Waals surface area (Å²) in [6, 6.07) is 5.81. The Morgan fingerprint density at radius 2 is 2.08 bits per heavy atom. The number of nitrogens with zero attached hydrogens (tertiary/aromatic N) is 1. The molecule has 1 aromatic heterocycles. The zero-order valence-corrected chi connectivity index (χ0v) is 8.52. The predicted octanol–water partition coefficient (Wildman–Crippen LogP) is 1.73. The van der Waals surface area contributed by atoms with E-state index in [1.807, 2.05) is 18.2 Å². The van der Waals surface area contributed by atoms with Gasteiger partial charge in [0.1, 0.15) is 3.70 Å². The van der Waals surface area contributed by atoms with Crippen LogP contribution in [0.15, 0.2) is 18.2 Å². The number of hydrogen-bond donors (Lipinski definition) is 0. The first-order chi connectivity index (χ1) is 5.86. The van der Waals surface area contributed by atoms with E-state index in [1.165, 1.54) is 0 Å². The lowest BCUT2D eigenvalue weighted by Gasteiger charge is -2.07. The van der Waals surface area contributed by atoms with E-state index >= 15 is 0 Å². The molecule has 1 aliphatic rings. The molecule has 3 nitrogen and oxygen atoms in total. The fourth-order valence-corrected chi connectivity index (χ4v) is 1.57. The third kappa shape index (κ3) is 1.75. The molecule has 0 aromatic carbocycles. The Balaban J connectivity index is 2.21. The lowest BCUT2D eigenvalue weighted by Crippen LogP contribution is -2.01. The van der Waals surface area contributed by atoms with Crippen molar-refractivity contribution in [3.63, 3.8) is 0 Å². The quantitative estimate of drug-likeness (QED) is 0.578. The van der Waals surface area contributed by atoms with Gasteiger partial charge in [0.15, 0.2) is 0 Å². The Morgan fingerprint density at radius 1 is 1.33 bits per heavy atom. The van der Waals surface area contributed by atoms with Crippen LogP contribution in [0.1, 0.15) is 12.0 Å². The van der Waals surface area contributed by atoms with Crippen molar-refractivity contribution in [2.45, 2.75) is 6.29 Å². The van der Waals surface area contributed by atoms with Crippen molar-refractivity contribution in [2.75, 3.05) is 13.2 Å². The Hall–Kier alpha value is -0.200.